The summed E-state index contributed by atoms with van der Waals surface area (Å²) in [5.41, 5.74) is -0.105. The number of nitrogens with zero attached hydrogens (tertiary/aromatic N) is 5. The lowest BCUT2D eigenvalue weighted by atomic mass is 9.91. The first-order chi connectivity index (χ1) is 12.1. The van der Waals surface area contributed by atoms with Crippen LogP contribution in [0.4, 0.5) is 11.6 Å². The number of aromatic nitrogens is 2. The maximum atomic E-state index is 10.8. The van der Waals surface area contributed by atoms with Gasteiger partial charge in [-0.1, -0.05) is 12.1 Å². The second-order valence-electron chi connectivity index (χ2n) is 6.08. The van der Waals surface area contributed by atoms with Crippen LogP contribution >= 0.6 is 0 Å². The van der Waals surface area contributed by atoms with E-state index >= 15 is 0 Å². The molecule has 3 rings (SSSR count). The molecule has 0 saturated carbocycles. The van der Waals surface area contributed by atoms with Gasteiger partial charge in [-0.3, -0.25) is 0 Å². The Bertz CT molecular complexity index is 830. The minimum Gasteiger partial charge on any atom is -0.388 e. The SMILES string of the molecule is N#Cc1cccc(NCC2(O)CCN(c3cccc(C#N)n3)CC2)n1. The van der Waals surface area contributed by atoms with Crippen molar-refractivity contribution in [3.63, 3.8) is 0 Å². The smallest absolute Gasteiger partial charge is 0.142 e. The van der Waals surface area contributed by atoms with Crippen LogP contribution in [0.25, 0.3) is 0 Å². The highest BCUT2D eigenvalue weighted by Crippen LogP contribution is 2.25. The highest BCUT2D eigenvalue weighted by atomic mass is 16.3. The maximum absolute atomic E-state index is 10.8. The number of nitrogens with one attached hydrogen (secondary N) is 1. The zero-order valence-corrected chi connectivity index (χ0v) is 13.7. The van der Waals surface area contributed by atoms with Gasteiger partial charge in [0.05, 0.1) is 5.60 Å². The first-order valence-corrected chi connectivity index (χ1v) is 8.07. The predicted molar refractivity (Wildman–Crippen MR) is 92.8 cm³/mol. The largest absolute Gasteiger partial charge is 0.388 e. The van der Waals surface area contributed by atoms with E-state index in [4.69, 9.17) is 10.5 Å². The van der Waals surface area contributed by atoms with Crippen molar-refractivity contribution < 1.29 is 5.11 Å². The van der Waals surface area contributed by atoms with Crippen molar-refractivity contribution in [2.24, 2.45) is 0 Å². The average Bonchev–Trinajstić information content (AvgIpc) is 2.67. The zero-order chi connectivity index (χ0) is 17.7. The van der Waals surface area contributed by atoms with Crippen LogP contribution in [-0.2, 0) is 0 Å². The molecular formula is C18H18N6O. The van der Waals surface area contributed by atoms with Crippen LogP contribution in [0.15, 0.2) is 36.4 Å². The molecule has 0 bridgehead atoms. The molecule has 0 amide bonds. The molecule has 126 valence electrons. The van der Waals surface area contributed by atoms with Gasteiger partial charge in [0.1, 0.15) is 35.2 Å². The van der Waals surface area contributed by atoms with Crippen LogP contribution in [0.5, 0.6) is 0 Å². The Morgan fingerprint density at radius 2 is 1.68 bits per heavy atom. The molecular weight excluding hydrogens is 316 g/mol. The highest BCUT2D eigenvalue weighted by molar-refractivity contribution is 5.43. The number of hydrogen-bond donors (Lipinski definition) is 2. The first-order valence-electron chi connectivity index (χ1n) is 8.07. The number of piperidine rings is 1. The summed E-state index contributed by atoms with van der Waals surface area (Å²) in [5.74, 6) is 1.34. The van der Waals surface area contributed by atoms with Crippen LogP contribution < -0.4 is 10.2 Å². The van der Waals surface area contributed by atoms with E-state index in [1.165, 1.54) is 0 Å². The third kappa shape index (κ3) is 4.03. The standard InChI is InChI=1S/C18H18N6O/c19-11-14-3-1-5-16(22-14)21-13-18(25)7-9-24(10-8-18)17-6-2-4-15(12-20)23-17/h1-6,25H,7-10,13H2,(H,21,22). The molecule has 0 radical (unpaired) electrons. The van der Waals surface area contributed by atoms with E-state index in [9.17, 15) is 5.11 Å². The van der Waals surface area contributed by atoms with Gasteiger partial charge in [0.15, 0.2) is 0 Å². The Morgan fingerprint density at radius 3 is 2.36 bits per heavy atom. The van der Waals surface area contributed by atoms with E-state index in [2.05, 4.69) is 20.2 Å². The van der Waals surface area contributed by atoms with Crippen LogP contribution in [-0.4, -0.2) is 40.3 Å². The molecule has 2 N–H and O–H groups in total. The minimum absolute atomic E-state index is 0.343. The summed E-state index contributed by atoms with van der Waals surface area (Å²) in [6, 6.07) is 14.6. The van der Waals surface area contributed by atoms with E-state index in [0.717, 1.165) is 5.82 Å². The van der Waals surface area contributed by atoms with Crippen molar-refractivity contribution in [1.82, 2.24) is 9.97 Å². The number of aliphatic hydroxyl groups is 1. The average molecular weight is 334 g/mol. The van der Waals surface area contributed by atoms with Gasteiger partial charge in [-0.2, -0.15) is 10.5 Å². The van der Waals surface area contributed by atoms with E-state index in [-0.39, 0.29) is 0 Å². The van der Waals surface area contributed by atoms with Gasteiger partial charge in [-0.15, -0.1) is 0 Å². The normalized spacial score (nSPS) is 15.9. The lowest BCUT2D eigenvalue weighted by Crippen LogP contribution is -2.48. The number of hydrogen-bond acceptors (Lipinski definition) is 7. The monoisotopic (exact) mass is 334 g/mol. The summed E-state index contributed by atoms with van der Waals surface area (Å²) in [6.07, 6.45) is 1.16. The van der Waals surface area contributed by atoms with Gasteiger partial charge in [0.25, 0.3) is 0 Å². The Hall–Kier alpha value is -3.16. The molecule has 7 nitrogen and oxygen atoms in total. The van der Waals surface area contributed by atoms with Gasteiger partial charge in [-0.05, 0) is 37.1 Å². The minimum atomic E-state index is -0.840. The summed E-state index contributed by atoms with van der Waals surface area (Å²) in [4.78, 5) is 10.5. The maximum Gasteiger partial charge on any atom is 0.142 e. The molecule has 1 fully saturated rings. The van der Waals surface area contributed by atoms with Gasteiger partial charge in [0, 0.05) is 19.6 Å². The molecule has 0 aromatic carbocycles. The van der Waals surface area contributed by atoms with Crippen molar-refractivity contribution in [3.8, 4) is 12.1 Å². The van der Waals surface area contributed by atoms with Gasteiger partial charge >= 0.3 is 0 Å². The van der Waals surface area contributed by atoms with Crippen molar-refractivity contribution in [1.29, 1.82) is 10.5 Å². The number of nitriles is 2. The Balaban J connectivity index is 1.58. The van der Waals surface area contributed by atoms with E-state index in [1.807, 2.05) is 24.3 Å². The molecule has 0 aliphatic carbocycles. The number of rotatable bonds is 4. The fourth-order valence-electron chi connectivity index (χ4n) is 2.84. The Morgan fingerprint density at radius 1 is 1.04 bits per heavy atom. The molecule has 0 atom stereocenters. The lowest BCUT2D eigenvalue weighted by Gasteiger charge is -2.38. The van der Waals surface area contributed by atoms with Crippen LogP contribution in [0.3, 0.4) is 0 Å². The number of pyridine rings is 2. The van der Waals surface area contributed by atoms with Crippen LogP contribution in [0.1, 0.15) is 24.2 Å². The predicted octanol–water partition coefficient (Wildman–Crippen LogP) is 1.66. The lowest BCUT2D eigenvalue weighted by molar-refractivity contribution is 0.0289. The second-order valence-corrected chi connectivity index (χ2v) is 6.08. The molecule has 25 heavy (non-hydrogen) atoms. The summed E-state index contributed by atoms with van der Waals surface area (Å²) < 4.78 is 0. The van der Waals surface area contributed by atoms with Gasteiger partial charge in [-0.25, -0.2) is 9.97 Å². The fourth-order valence-corrected chi connectivity index (χ4v) is 2.84. The van der Waals surface area contributed by atoms with Gasteiger partial charge in [0.2, 0.25) is 0 Å². The molecule has 1 aliphatic rings. The molecule has 0 unspecified atom stereocenters. The zero-order valence-electron chi connectivity index (χ0n) is 13.7. The topological polar surface area (TPSA) is 109 Å². The third-order valence-electron chi connectivity index (χ3n) is 4.33. The third-order valence-corrected chi connectivity index (χ3v) is 4.33. The highest BCUT2D eigenvalue weighted by Gasteiger charge is 2.32. The van der Waals surface area contributed by atoms with E-state index < -0.39 is 5.60 Å². The summed E-state index contributed by atoms with van der Waals surface area (Å²) in [7, 11) is 0. The molecule has 3 heterocycles. The molecule has 7 heteroatoms. The van der Waals surface area contributed by atoms with Crippen molar-refractivity contribution >= 4 is 11.6 Å². The van der Waals surface area contributed by atoms with Crippen molar-refractivity contribution in [2.75, 3.05) is 29.9 Å². The van der Waals surface area contributed by atoms with E-state index in [0.29, 0.717) is 49.7 Å². The Labute approximate surface area is 146 Å². The molecule has 2 aromatic heterocycles. The first kappa shape index (κ1) is 16.7. The summed E-state index contributed by atoms with van der Waals surface area (Å²) in [6.45, 7) is 1.69. The van der Waals surface area contributed by atoms with E-state index in [1.54, 1.807) is 24.3 Å². The van der Waals surface area contributed by atoms with Crippen molar-refractivity contribution in [2.45, 2.75) is 18.4 Å². The Kier molecular flexibility index (Phi) is 4.78. The summed E-state index contributed by atoms with van der Waals surface area (Å²) in [5, 5.41) is 31.7. The van der Waals surface area contributed by atoms with Crippen LogP contribution in [0.2, 0.25) is 0 Å². The van der Waals surface area contributed by atoms with Crippen LogP contribution in [0, 0.1) is 22.7 Å². The second kappa shape index (κ2) is 7.16. The molecule has 0 spiro atoms. The molecule has 2 aromatic rings. The van der Waals surface area contributed by atoms with Crippen molar-refractivity contribution in [3.05, 3.63) is 47.8 Å². The molecule has 1 saturated heterocycles. The molecule has 1 aliphatic heterocycles. The fraction of sp³-hybridized carbons (Fsp3) is 0.333. The number of anilines is 2. The quantitative estimate of drug-likeness (QED) is 0.875. The summed E-state index contributed by atoms with van der Waals surface area (Å²) >= 11 is 0. The van der Waals surface area contributed by atoms with Gasteiger partial charge < -0.3 is 15.3 Å².